The molecule has 158 valence electrons. The summed E-state index contributed by atoms with van der Waals surface area (Å²) in [6, 6.07) is 7.69. The van der Waals surface area contributed by atoms with E-state index in [4.69, 9.17) is 4.74 Å². The van der Waals surface area contributed by atoms with Gasteiger partial charge in [0, 0.05) is 57.4 Å². The average Bonchev–Trinajstić information content (AvgIpc) is 3.47. The second kappa shape index (κ2) is 9.72. The number of nitrogens with zero attached hydrogens (tertiary/aromatic N) is 2. The minimum absolute atomic E-state index is 0.107. The van der Waals surface area contributed by atoms with E-state index in [0.29, 0.717) is 12.5 Å². The van der Waals surface area contributed by atoms with Gasteiger partial charge in [0.25, 0.3) is 5.91 Å². The molecule has 2 amide bonds. The molecule has 1 aromatic rings. The van der Waals surface area contributed by atoms with Gasteiger partial charge in [-0.05, 0) is 42.9 Å². The third-order valence-electron chi connectivity index (χ3n) is 6.59. The first-order valence-corrected chi connectivity index (χ1v) is 11.1. The number of ether oxygens (including phenoxy) is 1. The van der Waals surface area contributed by atoms with E-state index < -0.39 is 0 Å². The number of rotatable bonds is 6. The van der Waals surface area contributed by atoms with E-state index in [1.165, 1.54) is 0 Å². The van der Waals surface area contributed by atoms with Crippen molar-refractivity contribution in [2.75, 3.05) is 45.9 Å². The Kier molecular flexibility index (Phi) is 6.82. The average molecular weight is 400 g/mol. The zero-order chi connectivity index (χ0) is 20.1. The number of hydrogen-bond donors (Lipinski definition) is 1. The van der Waals surface area contributed by atoms with Crippen LogP contribution in [0.4, 0.5) is 0 Å². The summed E-state index contributed by atoms with van der Waals surface area (Å²) < 4.78 is 5.47. The predicted molar refractivity (Wildman–Crippen MR) is 112 cm³/mol. The third kappa shape index (κ3) is 5.37. The first-order chi connectivity index (χ1) is 14.2. The molecular formula is C23H33N3O3. The Morgan fingerprint density at radius 3 is 2.38 bits per heavy atom. The third-order valence-corrected chi connectivity index (χ3v) is 6.59. The quantitative estimate of drug-likeness (QED) is 0.797. The Bertz CT molecular complexity index is 686. The Morgan fingerprint density at radius 1 is 1.00 bits per heavy atom. The first kappa shape index (κ1) is 20.4. The highest BCUT2D eigenvalue weighted by Crippen LogP contribution is 2.24. The van der Waals surface area contributed by atoms with Gasteiger partial charge in [0.05, 0.1) is 6.61 Å². The molecule has 3 fully saturated rings. The summed E-state index contributed by atoms with van der Waals surface area (Å²) in [6.07, 6.45) is 5.52. The summed E-state index contributed by atoms with van der Waals surface area (Å²) in [5.74, 6) is 1.12. The molecule has 6 heteroatoms. The van der Waals surface area contributed by atoms with Crippen LogP contribution >= 0.6 is 0 Å². The molecule has 0 aromatic heterocycles. The zero-order valence-electron chi connectivity index (χ0n) is 17.3. The van der Waals surface area contributed by atoms with E-state index in [2.05, 4.69) is 10.2 Å². The molecule has 1 unspecified atom stereocenters. The van der Waals surface area contributed by atoms with E-state index in [9.17, 15) is 9.59 Å². The van der Waals surface area contributed by atoms with Crippen LogP contribution in [0.15, 0.2) is 24.3 Å². The molecule has 1 atom stereocenters. The van der Waals surface area contributed by atoms with E-state index >= 15 is 0 Å². The van der Waals surface area contributed by atoms with Gasteiger partial charge in [0.1, 0.15) is 0 Å². The number of carbonyl (C=O) groups excluding carboxylic acids is 2. The standard InChI is InChI=1S/C23H33N3O3/c27-22(20-3-1-2-4-20)24-15-18-5-7-21(8-6-18)23(28)26-12-10-25(11-13-26)16-19-9-14-29-17-19/h5-8,19-20H,1-4,9-17H2,(H,24,27). The highest BCUT2D eigenvalue weighted by atomic mass is 16.5. The monoisotopic (exact) mass is 399 g/mol. The molecule has 0 spiro atoms. The van der Waals surface area contributed by atoms with Gasteiger partial charge in [-0.2, -0.15) is 0 Å². The lowest BCUT2D eigenvalue weighted by Crippen LogP contribution is -2.49. The molecule has 1 N–H and O–H groups in total. The first-order valence-electron chi connectivity index (χ1n) is 11.1. The summed E-state index contributed by atoms with van der Waals surface area (Å²) in [7, 11) is 0. The molecular weight excluding hydrogens is 366 g/mol. The molecule has 4 rings (SSSR count). The number of nitrogens with one attached hydrogen (secondary N) is 1. The minimum Gasteiger partial charge on any atom is -0.381 e. The number of hydrogen-bond acceptors (Lipinski definition) is 4. The fourth-order valence-electron chi connectivity index (χ4n) is 4.70. The maximum absolute atomic E-state index is 12.8. The van der Waals surface area contributed by atoms with Crippen molar-refractivity contribution < 1.29 is 14.3 Å². The largest absolute Gasteiger partial charge is 0.381 e. The van der Waals surface area contributed by atoms with Crippen molar-refractivity contribution in [3.63, 3.8) is 0 Å². The Balaban J connectivity index is 1.22. The topological polar surface area (TPSA) is 61.9 Å². The second-order valence-corrected chi connectivity index (χ2v) is 8.72. The predicted octanol–water partition coefficient (Wildman–Crippen LogP) is 2.29. The summed E-state index contributed by atoms with van der Waals surface area (Å²) in [5.41, 5.74) is 1.77. The second-order valence-electron chi connectivity index (χ2n) is 8.72. The van der Waals surface area contributed by atoms with Crippen LogP contribution in [0.5, 0.6) is 0 Å². The normalized spacial score (nSPS) is 23.4. The molecule has 0 radical (unpaired) electrons. The number of amides is 2. The lowest BCUT2D eigenvalue weighted by molar-refractivity contribution is -0.124. The highest BCUT2D eigenvalue weighted by Gasteiger charge is 2.25. The summed E-state index contributed by atoms with van der Waals surface area (Å²) in [5, 5.41) is 3.04. The van der Waals surface area contributed by atoms with Crippen molar-refractivity contribution in [2.24, 2.45) is 11.8 Å². The lowest BCUT2D eigenvalue weighted by atomic mass is 10.1. The Morgan fingerprint density at radius 2 is 1.72 bits per heavy atom. The smallest absolute Gasteiger partial charge is 0.253 e. The van der Waals surface area contributed by atoms with Crippen LogP contribution in [0.1, 0.15) is 48.0 Å². The van der Waals surface area contributed by atoms with Crippen molar-refractivity contribution in [3.05, 3.63) is 35.4 Å². The maximum atomic E-state index is 12.8. The van der Waals surface area contributed by atoms with Crippen molar-refractivity contribution in [2.45, 2.75) is 38.6 Å². The number of benzene rings is 1. The zero-order valence-corrected chi connectivity index (χ0v) is 17.3. The molecule has 6 nitrogen and oxygen atoms in total. The van der Waals surface area contributed by atoms with Gasteiger partial charge in [0.15, 0.2) is 0 Å². The van der Waals surface area contributed by atoms with Crippen LogP contribution < -0.4 is 5.32 Å². The van der Waals surface area contributed by atoms with Crippen LogP contribution in [-0.4, -0.2) is 67.6 Å². The molecule has 2 aliphatic heterocycles. The maximum Gasteiger partial charge on any atom is 0.253 e. The molecule has 1 aromatic carbocycles. The SMILES string of the molecule is O=C(NCc1ccc(C(=O)N2CCN(CC3CCOC3)CC2)cc1)C1CCCC1. The van der Waals surface area contributed by atoms with Crippen LogP contribution in [0, 0.1) is 11.8 Å². The molecule has 1 aliphatic carbocycles. The van der Waals surface area contributed by atoms with E-state index in [1.54, 1.807) is 0 Å². The summed E-state index contributed by atoms with van der Waals surface area (Å²) in [6.45, 7) is 6.84. The van der Waals surface area contributed by atoms with Gasteiger partial charge in [-0.15, -0.1) is 0 Å². The van der Waals surface area contributed by atoms with Gasteiger partial charge in [-0.25, -0.2) is 0 Å². The van der Waals surface area contributed by atoms with E-state index in [1.807, 2.05) is 29.2 Å². The van der Waals surface area contributed by atoms with E-state index in [0.717, 1.165) is 89.2 Å². The van der Waals surface area contributed by atoms with Crippen LogP contribution in [0.25, 0.3) is 0 Å². The Labute approximate surface area is 173 Å². The number of carbonyl (C=O) groups is 2. The van der Waals surface area contributed by atoms with Gasteiger partial charge >= 0.3 is 0 Å². The van der Waals surface area contributed by atoms with Crippen molar-refractivity contribution in [1.29, 1.82) is 0 Å². The summed E-state index contributed by atoms with van der Waals surface area (Å²) in [4.78, 5) is 29.4. The van der Waals surface area contributed by atoms with Crippen molar-refractivity contribution in [1.82, 2.24) is 15.1 Å². The number of piperazine rings is 1. The van der Waals surface area contributed by atoms with Gasteiger partial charge in [-0.3, -0.25) is 14.5 Å². The van der Waals surface area contributed by atoms with Gasteiger partial charge < -0.3 is 15.0 Å². The highest BCUT2D eigenvalue weighted by molar-refractivity contribution is 5.94. The van der Waals surface area contributed by atoms with Crippen LogP contribution in [0.2, 0.25) is 0 Å². The van der Waals surface area contributed by atoms with Crippen molar-refractivity contribution >= 4 is 11.8 Å². The molecule has 2 heterocycles. The summed E-state index contributed by atoms with van der Waals surface area (Å²) >= 11 is 0. The van der Waals surface area contributed by atoms with Gasteiger partial charge in [0.2, 0.25) is 5.91 Å². The van der Waals surface area contributed by atoms with Crippen LogP contribution in [0.3, 0.4) is 0 Å². The van der Waals surface area contributed by atoms with Crippen LogP contribution in [-0.2, 0) is 16.1 Å². The lowest BCUT2D eigenvalue weighted by Gasteiger charge is -2.35. The van der Waals surface area contributed by atoms with E-state index in [-0.39, 0.29) is 17.7 Å². The fourth-order valence-corrected chi connectivity index (χ4v) is 4.70. The molecule has 3 aliphatic rings. The molecule has 2 saturated heterocycles. The van der Waals surface area contributed by atoms with Gasteiger partial charge in [-0.1, -0.05) is 25.0 Å². The molecule has 29 heavy (non-hydrogen) atoms. The molecule has 0 bridgehead atoms. The van der Waals surface area contributed by atoms with Crippen molar-refractivity contribution in [3.8, 4) is 0 Å². The molecule has 1 saturated carbocycles. The Hall–Kier alpha value is -1.92. The minimum atomic E-state index is 0.107. The fraction of sp³-hybridized carbons (Fsp3) is 0.652.